The Kier molecular flexibility index (Phi) is 8.42. The molecule has 13 nitrogen and oxygen atoms in total. The SMILES string of the molecule is CC(C)OC(=O)[C@H](C)NP(=O)(OC[C@@]1(F)O[C@@H](n2ccc(N)nc2=O)[C@](C)(O)[C@@H]1O)Oc1ccccc1. The molecule has 2 heterocycles. The molecule has 1 aromatic heterocycles. The number of nitrogen functional groups attached to an aromatic ring is 1. The van der Waals surface area contributed by atoms with Crippen molar-refractivity contribution >= 4 is 19.5 Å². The van der Waals surface area contributed by atoms with E-state index in [2.05, 4.69) is 10.1 Å². The monoisotopic (exact) mass is 544 g/mol. The first-order valence-electron chi connectivity index (χ1n) is 11.3. The van der Waals surface area contributed by atoms with Gasteiger partial charge in [-0.05, 0) is 45.9 Å². The van der Waals surface area contributed by atoms with Gasteiger partial charge in [-0.15, -0.1) is 0 Å². The number of nitrogens with zero attached hydrogens (tertiary/aromatic N) is 2. The largest absolute Gasteiger partial charge is 0.462 e. The number of anilines is 1. The fourth-order valence-electron chi connectivity index (χ4n) is 3.50. The molecule has 0 spiro atoms. The normalized spacial score (nSPS) is 28.0. The zero-order valence-corrected chi connectivity index (χ0v) is 21.5. The average Bonchev–Trinajstić information content (AvgIpc) is 2.98. The van der Waals surface area contributed by atoms with Crippen LogP contribution in [-0.2, 0) is 23.4 Å². The van der Waals surface area contributed by atoms with E-state index in [1.807, 2.05) is 0 Å². The number of aromatic nitrogens is 2. The summed E-state index contributed by atoms with van der Waals surface area (Å²) in [6.07, 6.45) is -3.38. The third-order valence-corrected chi connectivity index (χ3v) is 6.95. The fraction of sp³-hybridized carbons (Fsp3) is 0.500. The number of rotatable bonds is 10. The number of hydrogen-bond donors (Lipinski definition) is 4. The highest BCUT2D eigenvalue weighted by molar-refractivity contribution is 7.52. The summed E-state index contributed by atoms with van der Waals surface area (Å²) in [5.41, 5.74) is 2.14. The average molecular weight is 544 g/mol. The van der Waals surface area contributed by atoms with Crippen molar-refractivity contribution in [1.29, 1.82) is 0 Å². The lowest BCUT2D eigenvalue weighted by Gasteiger charge is -2.29. The zero-order valence-electron chi connectivity index (χ0n) is 20.6. The molecule has 1 aliphatic rings. The second-order valence-electron chi connectivity index (χ2n) is 8.94. The fourth-order valence-corrected chi connectivity index (χ4v) is 5.01. The molecule has 2 aromatic rings. The van der Waals surface area contributed by atoms with E-state index in [-0.39, 0.29) is 11.6 Å². The van der Waals surface area contributed by atoms with Crippen LogP contribution in [-0.4, -0.2) is 62.0 Å². The Morgan fingerprint density at radius 1 is 1.32 bits per heavy atom. The molecule has 0 radical (unpaired) electrons. The summed E-state index contributed by atoms with van der Waals surface area (Å²) in [6, 6.07) is 7.73. The lowest BCUT2D eigenvalue weighted by atomic mass is 9.95. The van der Waals surface area contributed by atoms with Crippen LogP contribution in [0.1, 0.15) is 33.9 Å². The number of ether oxygens (including phenoxy) is 2. The predicted molar refractivity (Wildman–Crippen MR) is 128 cm³/mol. The van der Waals surface area contributed by atoms with Crippen molar-refractivity contribution in [3.8, 4) is 5.75 Å². The Bertz CT molecular complexity index is 1210. The highest BCUT2D eigenvalue weighted by atomic mass is 31.2. The maximum atomic E-state index is 15.9. The number of esters is 1. The minimum atomic E-state index is -4.53. The van der Waals surface area contributed by atoms with Crippen molar-refractivity contribution in [2.24, 2.45) is 0 Å². The highest BCUT2D eigenvalue weighted by Gasteiger charge is 2.63. The van der Waals surface area contributed by atoms with Gasteiger partial charge in [0.25, 0.3) is 5.85 Å². The number of alkyl halides is 1. The number of nitrogens with two attached hydrogens (primary N) is 1. The van der Waals surface area contributed by atoms with E-state index >= 15 is 4.39 Å². The van der Waals surface area contributed by atoms with Crippen molar-refractivity contribution in [3.05, 3.63) is 53.1 Å². The van der Waals surface area contributed by atoms with E-state index in [1.54, 1.807) is 32.0 Å². The molecule has 1 unspecified atom stereocenters. The van der Waals surface area contributed by atoms with Crippen LogP contribution in [0.5, 0.6) is 5.75 Å². The van der Waals surface area contributed by atoms with Gasteiger partial charge in [0.05, 0.1) is 6.10 Å². The summed E-state index contributed by atoms with van der Waals surface area (Å²) in [5, 5.41) is 23.8. The molecule has 5 N–H and O–H groups in total. The second-order valence-corrected chi connectivity index (χ2v) is 10.6. The van der Waals surface area contributed by atoms with Gasteiger partial charge in [-0.1, -0.05) is 18.2 Å². The number of carbonyl (C=O) groups excluding carboxylic acids is 1. The molecule has 0 bridgehead atoms. The molecule has 0 saturated carbocycles. The summed E-state index contributed by atoms with van der Waals surface area (Å²) in [6.45, 7) is 4.38. The maximum absolute atomic E-state index is 15.9. The van der Waals surface area contributed by atoms with Crippen molar-refractivity contribution in [2.75, 3.05) is 12.3 Å². The van der Waals surface area contributed by atoms with Crippen LogP contribution in [0.15, 0.2) is 47.4 Å². The summed E-state index contributed by atoms with van der Waals surface area (Å²) >= 11 is 0. The molecule has 0 amide bonds. The summed E-state index contributed by atoms with van der Waals surface area (Å²) in [7, 11) is -4.53. The molecule has 1 aromatic carbocycles. The number of aliphatic hydroxyl groups is 2. The summed E-state index contributed by atoms with van der Waals surface area (Å²) in [4.78, 5) is 28.0. The van der Waals surface area contributed by atoms with E-state index in [1.165, 1.54) is 25.1 Å². The first kappa shape index (κ1) is 28.7. The Hall–Kier alpha value is -2.87. The number of nitrogens with one attached hydrogen (secondary N) is 1. The van der Waals surface area contributed by atoms with E-state index < -0.39 is 61.9 Å². The maximum Gasteiger partial charge on any atom is 0.459 e. The van der Waals surface area contributed by atoms with Gasteiger partial charge in [0.1, 0.15) is 35.9 Å². The first-order valence-corrected chi connectivity index (χ1v) is 12.8. The van der Waals surface area contributed by atoms with E-state index in [0.717, 1.165) is 17.7 Å². The van der Waals surface area contributed by atoms with Gasteiger partial charge < -0.3 is 29.9 Å². The van der Waals surface area contributed by atoms with Gasteiger partial charge in [0.15, 0.2) is 6.23 Å². The standard InChI is InChI=1S/C22H30FN4O9P/c1-13(2)34-17(28)14(3)26-37(32,36-15-8-6-5-7-9-15)33-12-22(23)18(29)21(4,31)19(35-22)27-11-10-16(24)25-20(27)30/h5-11,13-14,18-19,29,31H,12H2,1-4H3,(H,26,32)(H2,24,25,30)/t14-,18-,19+,21+,22+,37?/m0/s1. The Morgan fingerprint density at radius 3 is 2.57 bits per heavy atom. The highest BCUT2D eigenvalue weighted by Crippen LogP contribution is 2.50. The van der Waals surface area contributed by atoms with Crippen LogP contribution >= 0.6 is 7.75 Å². The minimum absolute atomic E-state index is 0.0629. The number of aliphatic hydroxyl groups excluding tert-OH is 1. The molecule has 1 aliphatic heterocycles. The third-order valence-electron chi connectivity index (χ3n) is 5.33. The quantitative estimate of drug-likeness (QED) is 0.248. The topological polar surface area (TPSA) is 184 Å². The van der Waals surface area contributed by atoms with Gasteiger partial charge in [0, 0.05) is 6.20 Å². The van der Waals surface area contributed by atoms with Crippen LogP contribution in [0.25, 0.3) is 0 Å². The molecular weight excluding hydrogens is 514 g/mol. The lowest BCUT2D eigenvalue weighted by molar-refractivity contribution is -0.204. The molecule has 37 heavy (non-hydrogen) atoms. The number of halogens is 1. The Balaban J connectivity index is 1.85. The molecule has 1 fully saturated rings. The van der Waals surface area contributed by atoms with E-state index in [0.29, 0.717) is 0 Å². The molecule has 6 atom stereocenters. The van der Waals surface area contributed by atoms with Crippen LogP contribution < -0.4 is 21.0 Å². The molecule has 15 heteroatoms. The number of para-hydroxylation sites is 1. The van der Waals surface area contributed by atoms with E-state index in [4.69, 9.17) is 24.3 Å². The number of hydrogen-bond acceptors (Lipinski definition) is 11. The Labute approximate surface area is 211 Å². The second kappa shape index (κ2) is 10.9. The molecule has 204 valence electrons. The Morgan fingerprint density at radius 2 is 1.97 bits per heavy atom. The van der Waals surface area contributed by atoms with Gasteiger partial charge >= 0.3 is 19.4 Å². The van der Waals surface area contributed by atoms with Crippen LogP contribution in [0.3, 0.4) is 0 Å². The van der Waals surface area contributed by atoms with Crippen molar-refractivity contribution < 1.29 is 42.5 Å². The van der Waals surface area contributed by atoms with Crippen molar-refractivity contribution in [1.82, 2.24) is 14.6 Å². The molecule has 3 rings (SSSR count). The van der Waals surface area contributed by atoms with Gasteiger partial charge in [-0.2, -0.15) is 10.1 Å². The summed E-state index contributed by atoms with van der Waals surface area (Å²) < 4.78 is 51.2. The van der Waals surface area contributed by atoms with Gasteiger partial charge in [-0.3, -0.25) is 13.9 Å². The van der Waals surface area contributed by atoms with Crippen LogP contribution in [0.2, 0.25) is 0 Å². The van der Waals surface area contributed by atoms with Crippen LogP contribution in [0, 0.1) is 0 Å². The minimum Gasteiger partial charge on any atom is -0.462 e. The predicted octanol–water partition coefficient (Wildman–Crippen LogP) is 1.27. The lowest BCUT2D eigenvalue weighted by Crippen LogP contribution is -2.50. The van der Waals surface area contributed by atoms with Gasteiger partial charge in [0.2, 0.25) is 0 Å². The number of benzene rings is 1. The molecular formula is C22H30FN4O9P. The van der Waals surface area contributed by atoms with E-state index in [9.17, 15) is 24.4 Å². The van der Waals surface area contributed by atoms with Crippen molar-refractivity contribution in [2.45, 2.75) is 63.6 Å². The van der Waals surface area contributed by atoms with Crippen LogP contribution in [0.4, 0.5) is 10.2 Å². The van der Waals surface area contributed by atoms with Crippen molar-refractivity contribution in [3.63, 3.8) is 0 Å². The first-order chi connectivity index (χ1) is 17.2. The number of carbonyl (C=O) groups is 1. The third kappa shape index (κ3) is 6.53. The van der Waals surface area contributed by atoms with Gasteiger partial charge in [-0.25, -0.2) is 13.8 Å². The molecule has 1 saturated heterocycles. The zero-order chi connectivity index (χ0) is 27.6. The molecule has 0 aliphatic carbocycles. The summed E-state index contributed by atoms with van der Waals surface area (Å²) in [5.74, 6) is -4.01. The smallest absolute Gasteiger partial charge is 0.459 e.